The molecule has 6 rings (SSSR count). The molecule has 3 heterocycles. The molecule has 1 amide bonds. The number of nitrogens with one attached hydrogen (secondary N) is 2. The highest BCUT2D eigenvalue weighted by Crippen LogP contribution is 2.58. The smallest absolute Gasteiger partial charge is 0.292 e. The van der Waals surface area contributed by atoms with Gasteiger partial charge in [-0.25, -0.2) is 0 Å². The highest BCUT2D eigenvalue weighted by atomic mass is 16.5. The second kappa shape index (κ2) is 6.28. The number of anilines is 1. The van der Waals surface area contributed by atoms with Gasteiger partial charge in [0.25, 0.3) is 5.91 Å². The van der Waals surface area contributed by atoms with Crippen LogP contribution < -0.4 is 15.0 Å². The van der Waals surface area contributed by atoms with E-state index in [0.717, 1.165) is 21.7 Å². The van der Waals surface area contributed by atoms with Gasteiger partial charge in [0.05, 0.1) is 30.8 Å². The summed E-state index contributed by atoms with van der Waals surface area (Å²) in [6, 6.07) is 25.2. The van der Waals surface area contributed by atoms with Gasteiger partial charge in [0.2, 0.25) is 5.54 Å². The first-order valence-electron chi connectivity index (χ1n) is 10.7. The highest BCUT2D eigenvalue weighted by molar-refractivity contribution is 6.14. The summed E-state index contributed by atoms with van der Waals surface area (Å²) in [6.45, 7) is 0.824. The van der Waals surface area contributed by atoms with E-state index >= 15 is 0 Å². The molecule has 3 aromatic carbocycles. The molecular formula is C26H23N2O3+. The standard InChI is InChI=1S/C26H22N2O3/c1-28-15-20(17-9-3-2-4-10-17)25(16-31-22-14-8-5-11-18(22)23(25)29)26(28)19-12-6-7-13-21(19)27-24(26)30/h2-14,20H,15-16H2,1H3,(H,27,30)/p+1/t20-,25-,26-/m0/s1. The van der Waals surface area contributed by atoms with Crippen molar-refractivity contribution in [3.05, 3.63) is 95.6 Å². The SMILES string of the molecule is C[NH+]1C[C@@H](c2ccccc2)[C@]2(COc3ccccc3C2=O)[C@]12C(=O)Nc1ccccc12. The Balaban J connectivity index is 1.68. The minimum absolute atomic E-state index is 0.00749. The molecule has 0 saturated carbocycles. The van der Waals surface area contributed by atoms with Gasteiger partial charge >= 0.3 is 0 Å². The van der Waals surface area contributed by atoms with E-state index in [4.69, 9.17) is 4.74 Å². The van der Waals surface area contributed by atoms with Gasteiger partial charge in [0.1, 0.15) is 17.8 Å². The van der Waals surface area contributed by atoms with E-state index in [0.29, 0.717) is 17.9 Å². The van der Waals surface area contributed by atoms with Crippen molar-refractivity contribution < 1.29 is 19.2 Å². The summed E-state index contributed by atoms with van der Waals surface area (Å²) >= 11 is 0. The second-order valence-electron chi connectivity index (χ2n) is 8.78. The number of likely N-dealkylation sites (N-methyl/N-ethyl adjacent to an activating group) is 1. The van der Waals surface area contributed by atoms with Crippen LogP contribution >= 0.6 is 0 Å². The van der Waals surface area contributed by atoms with Crippen LogP contribution in [-0.2, 0) is 10.3 Å². The number of carbonyl (C=O) groups excluding carboxylic acids is 2. The van der Waals surface area contributed by atoms with Gasteiger partial charge in [0, 0.05) is 5.56 Å². The first-order valence-corrected chi connectivity index (χ1v) is 10.7. The maximum atomic E-state index is 14.4. The first-order chi connectivity index (χ1) is 15.1. The Morgan fingerprint density at radius 2 is 1.65 bits per heavy atom. The molecule has 0 radical (unpaired) electrons. The predicted molar refractivity (Wildman–Crippen MR) is 116 cm³/mol. The Morgan fingerprint density at radius 3 is 2.48 bits per heavy atom. The maximum absolute atomic E-state index is 14.4. The van der Waals surface area contributed by atoms with Crippen LogP contribution in [0.3, 0.4) is 0 Å². The monoisotopic (exact) mass is 411 g/mol. The van der Waals surface area contributed by atoms with Crippen molar-refractivity contribution in [2.45, 2.75) is 11.5 Å². The fourth-order valence-electron chi connectivity index (χ4n) is 6.30. The average Bonchev–Trinajstić information content (AvgIpc) is 3.25. The third kappa shape index (κ3) is 2.09. The fraction of sp³-hybridized carbons (Fsp3) is 0.231. The van der Waals surface area contributed by atoms with Crippen molar-refractivity contribution in [3.8, 4) is 5.75 Å². The Kier molecular flexibility index (Phi) is 3.72. The zero-order chi connectivity index (χ0) is 21.2. The molecule has 31 heavy (non-hydrogen) atoms. The molecule has 1 unspecified atom stereocenters. The van der Waals surface area contributed by atoms with Gasteiger partial charge in [0.15, 0.2) is 5.78 Å². The summed E-state index contributed by atoms with van der Waals surface area (Å²) in [7, 11) is 2.03. The van der Waals surface area contributed by atoms with Crippen LogP contribution in [0.2, 0.25) is 0 Å². The van der Waals surface area contributed by atoms with Crippen molar-refractivity contribution in [3.63, 3.8) is 0 Å². The van der Waals surface area contributed by atoms with Gasteiger partial charge in [-0.05, 0) is 23.8 Å². The van der Waals surface area contributed by atoms with E-state index in [1.165, 1.54) is 0 Å². The number of rotatable bonds is 1. The molecule has 154 valence electrons. The lowest BCUT2D eigenvalue weighted by Crippen LogP contribution is -3.16. The number of hydrogen-bond acceptors (Lipinski definition) is 3. The largest absolute Gasteiger partial charge is 0.491 e. The van der Waals surface area contributed by atoms with E-state index in [9.17, 15) is 9.59 Å². The Labute approximate surface area is 180 Å². The summed E-state index contributed by atoms with van der Waals surface area (Å²) in [4.78, 5) is 29.3. The van der Waals surface area contributed by atoms with Gasteiger partial charge in [-0.3, -0.25) is 9.59 Å². The maximum Gasteiger partial charge on any atom is 0.292 e. The molecule has 0 aromatic heterocycles. The van der Waals surface area contributed by atoms with E-state index in [2.05, 4.69) is 17.4 Å². The number of fused-ring (bicyclic) bond motifs is 4. The highest BCUT2D eigenvalue weighted by Gasteiger charge is 2.78. The Hall–Kier alpha value is -3.44. The number of ketones is 1. The lowest BCUT2D eigenvalue weighted by molar-refractivity contribution is -0.920. The van der Waals surface area contributed by atoms with Gasteiger partial charge in [-0.15, -0.1) is 0 Å². The van der Waals surface area contributed by atoms with Crippen LogP contribution in [0.5, 0.6) is 5.75 Å². The van der Waals surface area contributed by atoms with Gasteiger partial charge < -0.3 is 15.0 Å². The topological polar surface area (TPSA) is 59.8 Å². The van der Waals surface area contributed by atoms with Crippen LogP contribution in [0, 0.1) is 5.41 Å². The molecule has 3 aliphatic heterocycles. The number of ether oxygens (including phenoxy) is 1. The minimum Gasteiger partial charge on any atom is -0.491 e. The minimum atomic E-state index is -1.06. The zero-order valence-electron chi connectivity index (χ0n) is 17.2. The molecule has 1 fully saturated rings. The number of para-hydroxylation sites is 2. The van der Waals surface area contributed by atoms with Gasteiger partial charge in [-0.1, -0.05) is 60.7 Å². The summed E-state index contributed by atoms with van der Waals surface area (Å²) < 4.78 is 6.27. The molecule has 3 aliphatic rings. The molecule has 2 spiro atoms. The lowest BCUT2D eigenvalue weighted by atomic mass is 9.57. The molecule has 5 heteroatoms. The number of benzene rings is 3. The van der Waals surface area contributed by atoms with E-state index < -0.39 is 11.0 Å². The summed E-state index contributed by atoms with van der Waals surface area (Å²) in [5.41, 5.74) is 1.17. The molecule has 2 N–H and O–H groups in total. The van der Waals surface area contributed by atoms with Crippen molar-refractivity contribution >= 4 is 17.4 Å². The van der Waals surface area contributed by atoms with E-state index in [-0.39, 0.29) is 24.2 Å². The third-order valence-electron chi connectivity index (χ3n) is 7.53. The Morgan fingerprint density at radius 1 is 0.935 bits per heavy atom. The van der Waals surface area contributed by atoms with E-state index in [1.807, 2.05) is 73.8 Å². The van der Waals surface area contributed by atoms with Crippen molar-refractivity contribution in [1.29, 1.82) is 0 Å². The number of hydrogen-bond donors (Lipinski definition) is 2. The number of quaternary nitrogens is 1. The molecule has 0 bridgehead atoms. The summed E-state index contributed by atoms with van der Waals surface area (Å²) in [5.74, 6) is 0.302. The zero-order valence-corrected chi connectivity index (χ0v) is 17.2. The van der Waals surface area contributed by atoms with Crippen LogP contribution in [-0.4, -0.2) is 31.9 Å². The summed E-state index contributed by atoms with van der Waals surface area (Å²) in [5, 5.41) is 3.08. The van der Waals surface area contributed by atoms with Crippen LogP contribution in [0.25, 0.3) is 0 Å². The molecule has 4 atom stereocenters. The summed E-state index contributed by atoms with van der Waals surface area (Å²) in [6.07, 6.45) is 0. The lowest BCUT2D eigenvalue weighted by Gasteiger charge is -2.44. The Bertz CT molecular complexity index is 1220. The van der Waals surface area contributed by atoms with E-state index in [1.54, 1.807) is 0 Å². The normalized spacial score (nSPS) is 30.7. The number of likely N-dealkylation sites (tertiary alicyclic amines) is 1. The second-order valence-corrected chi connectivity index (χ2v) is 8.78. The average molecular weight is 411 g/mol. The molecule has 5 nitrogen and oxygen atoms in total. The van der Waals surface area contributed by atoms with Crippen molar-refractivity contribution in [2.24, 2.45) is 5.41 Å². The van der Waals surface area contributed by atoms with Gasteiger partial charge in [-0.2, -0.15) is 0 Å². The molecule has 0 aliphatic carbocycles. The molecule has 3 aromatic rings. The predicted octanol–water partition coefficient (Wildman–Crippen LogP) is 2.41. The van der Waals surface area contributed by atoms with Crippen LogP contribution in [0.1, 0.15) is 27.4 Å². The fourth-order valence-corrected chi connectivity index (χ4v) is 6.30. The quantitative estimate of drug-likeness (QED) is 0.647. The van der Waals surface area contributed by atoms with Crippen molar-refractivity contribution in [1.82, 2.24) is 0 Å². The number of amides is 1. The number of carbonyl (C=O) groups is 2. The third-order valence-corrected chi connectivity index (χ3v) is 7.53. The number of Topliss-reactive ketones (excluding diaryl/α,β-unsaturated/α-hetero) is 1. The molecule has 1 saturated heterocycles. The molecular weight excluding hydrogens is 388 g/mol. The van der Waals surface area contributed by atoms with Crippen LogP contribution in [0.15, 0.2) is 78.9 Å². The first kappa shape index (κ1) is 18.3. The van der Waals surface area contributed by atoms with Crippen LogP contribution in [0.4, 0.5) is 5.69 Å². The van der Waals surface area contributed by atoms with Crippen molar-refractivity contribution in [2.75, 3.05) is 25.5 Å².